The van der Waals surface area contributed by atoms with Crippen LogP contribution in [0.3, 0.4) is 0 Å². The average Bonchev–Trinajstić information content (AvgIpc) is 2.27. The van der Waals surface area contributed by atoms with Crippen molar-refractivity contribution in [2.45, 2.75) is 20.8 Å². The van der Waals surface area contributed by atoms with Gasteiger partial charge in [0.25, 0.3) is 0 Å². The standard InChI is InChI=1S/C14H18O2S/c1-14(2,3)13(17)9-12(15)10-5-7-11(16-4)8-6-10/h5-9,17H,1-4H3. The van der Waals surface area contributed by atoms with Crippen LogP contribution in [0, 0.1) is 5.41 Å². The summed E-state index contributed by atoms with van der Waals surface area (Å²) in [5.41, 5.74) is 0.534. The number of thiol groups is 1. The Morgan fingerprint density at radius 2 is 1.76 bits per heavy atom. The first kappa shape index (κ1) is 13.8. The van der Waals surface area contributed by atoms with E-state index in [1.165, 1.54) is 0 Å². The van der Waals surface area contributed by atoms with E-state index >= 15 is 0 Å². The van der Waals surface area contributed by atoms with Gasteiger partial charge in [0, 0.05) is 5.56 Å². The van der Waals surface area contributed by atoms with Crippen LogP contribution in [0.2, 0.25) is 0 Å². The summed E-state index contributed by atoms with van der Waals surface area (Å²) < 4.78 is 5.04. The fourth-order valence-corrected chi connectivity index (χ4v) is 1.30. The van der Waals surface area contributed by atoms with E-state index in [1.807, 2.05) is 20.8 Å². The van der Waals surface area contributed by atoms with Crippen molar-refractivity contribution in [1.29, 1.82) is 0 Å². The largest absolute Gasteiger partial charge is 0.497 e. The zero-order chi connectivity index (χ0) is 13.1. The van der Waals surface area contributed by atoms with Gasteiger partial charge in [-0.3, -0.25) is 4.79 Å². The Balaban J connectivity index is 2.90. The molecule has 0 aliphatic carbocycles. The van der Waals surface area contributed by atoms with Gasteiger partial charge in [-0.1, -0.05) is 20.8 Å². The summed E-state index contributed by atoms with van der Waals surface area (Å²) in [6.45, 7) is 6.06. The van der Waals surface area contributed by atoms with Crippen molar-refractivity contribution in [3.63, 3.8) is 0 Å². The molecule has 0 N–H and O–H groups in total. The molecule has 0 saturated heterocycles. The first-order chi connectivity index (χ1) is 7.84. The highest BCUT2D eigenvalue weighted by Crippen LogP contribution is 2.28. The van der Waals surface area contributed by atoms with Crippen molar-refractivity contribution >= 4 is 18.4 Å². The van der Waals surface area contributed by atoms with Gasteiger partial charge in [-0.2, -0.15) is 0 Å². The second kappa shape index (κ2) is 5.41. The fraction of sp³-hybridized carbons (Fsp3) is 0.357. The molecule has 0 atom stereocenters. The Morgan fingerprint density at radius 3 is 2.18 bits per heavy atom. The van der Waals surface area contributed by atoms with E-state index in [9.17, 15) is 4.79 Å². The van der Waals surface area contributed by atoms with Gasteiger partial charge in [0.05, 0.1) is 7.11 Å². The van der Waals surface area contributed by atoms with Crippen molar-refractivity contribution in [2.24, 2.45) is 5.41 Å². The molecule has 1 aromatic rings. The summed E-state index contributed by atoms with van der Waals surface area (Å²) >= 11 is 4.35. The lowest BCUT2D eigenvalue weighted by molar-refractivity contribution is 0.104. The lowest BCUT2D eigenvalue weighted by atomic mass is 9.94. The lowest BCUT2D eigenvalue weighted by Crippen LogP contribution is -2.07. The zero-order valence-electron chi connectivity index (χ0n) is 10.7. The van der Waals surface area contributed by atoms with E-state index in [-0.39, 0.29) is 11.2 Å². The normalized spacial score (nSPS) is 12.4. The molecular formula is C14H18O2S. The first-order valence-corrected chi connectivity index (χ1v) is 5.89. The van der Waals surface area contributed by atoms with E-state index in [1.54, 1.807) is 37.5 Å². The summed E-state index contributed by atoms with van der Waals surface area (Å²) in [6.07, 6.45) is 1.57. The number of ether oxygens (including phenoxy) is 1. The molecule has 0 bridgehead atoms. The Hall–Kier alpha value is -1.22. The maximum absolute atomic E-state index is 11.9. The Labute approximate surface area is 108 Å². The van der Waals surface area contributed by atoms with Crippen LogP contribution < -0.4 is 4.74 Å². The summed E-state index contributed by atoms with van der Waals surface area (Å²) in [5.74, 6) is 0.708. The molecule has 2 nitrogen and oxygen atoms in total. The number of carbonyl (C=O) groups excluding carboxylic acids is 1. The van der Waals surface area contributed by atoms with Crippen molar-refractivity contribution in [3.8, 4) is 5.75 Å². The molecule has 92 valence electrons. The highest BCUT2D eigenvalue weighted by Gasteiger charge is 2.15. The third-order valence-electron chi connectivity index (χ3n) is 2.41. The maximum atomic E-state index is 11.9. The number of ketones is 1. The molecule has 0 aliphatic rings. The molecule has 0 fully saturated rings. The van der Waals surface area contributed by atoms with Crippen LogP contribution in [0.25, 0.3) is 0 Å². The van der Waals surface area contributed by atoms with Crippen LogP contribution in [-0.4, -0.2) is 12.9 Å². The van der Waals surface area contributed by atoms with E-state index in [4.69, 9.17) is 4.74 Å². The van der Waals surface area contributed by atoms with Crippen LogP contribution in [0.1, 0.15) is 31.1 Å². The molecule has 1 rings (SSSR count). The minimum Gasteiger partial charge on any atom is -0.497 e. The molecule has 0 radical (unpaired) electrons. The number of allylic oxidation sites excluding steroid dienone is 2. The van der Waals surface area contributed by atoms with Crippen LogP contribution in [0.5, 0.6) is 5.75 Å². The average molecular weight is 250 g/mol. The molecule has 0 amide bonds. The predicted octanol–water partition coefficient (Wildman–Crippen LogP) is 3.74. The minimum absolute atomic E-state index is 0.0346. The predicted molar refractivity (Wildman–Crippen MR) is 73.8 cm³/mol. The zero-order valence-corrected chi connectivity index (χ0v) is 11.5. The second-order valence-electron chi connectivity index (χ2n) is 4.87. The molecule has 0 unspecified atom stereocenters. The van der Waals surface area contributed by atoms with Gasteiger partial charge in [0.2, 0.25) is 0 Å². The van der Waals surface area contributed by atoms with E-state index < -0.39 is 0 Å². The third kappa shape index (κ3) is 3.93. The van der Waals surface area contributed by atoms with Gasteiger partial charge in [-0.15, -0.1) is 12.6 Å². The number of hydrogen-bond acceptors (Lipinski definition) is 3. The van der Waals surface area contributed by atoms with Gasteiger partial charge in [0.15, 0.2) is 5.78 Å². The van der Waals surface area contributed by atoms with E-state index in [0.717, 1.165) is 10.7 Å². The van der Waals surface area contributed by atoms with Crippen molar-refractivity contribution < 1.29 is 9.53 Å². The van der Waals surface area contributed by atoms with Crippen LogP contribution in [-0.2, 0) is 0 Å². The summed E-state index contributed by atoms with van der Waals surface area (Å²) in [7, 11) is 1.60. The number of benzene rings is 1. The second-order valence-corrected chi connectivity index (χ2v) is 5.35. The van der Waals surface area contributed by atoms with Crippen LogP contribution >= 0.6 is 12.6 Å². The molecule has 0 aliphatic heterocycles. The molecular weight excluding hydrogens is 232 g/mol. The SMILES string of the molecule is COc1ccc(C(=O)C=C(S)C(C)(C)C)cc1. The molecule has 0 heterocycles. The maximum Gasteiger partial charge on any atom is 0.186 e. The van der Waals surface area contributed by atoms with Crippen molar-refractivity contribution in [2.75, 3.05) is 7.11 Å². The molecule has 0 spiro atoms. The molecule has 1 aromatic carbocycles. The Kier molecular flexibility index (Phi) is 4.40. The summed E-state index contributed by atoms with van der Waals surface area (Å²) in [6, 6.07) is 7.05. The highest BCUT2D eigenvalue weighted by molar-refractivity contribution is 7.84. The topological polar surface area (TPSA) is 26.3 Å². The van der Waals surface area contributed by atoms with Crippen LogP contribution in [0.4, 0.5) is 0 Å². The van der Waals surface area contributed by atoms with Crippen molar-refractivity contribution in [1.82, 2.24) is 0 Å². The Morgan fingerprint density at radius 1 is 1.24 bits per heavy atom. The number of methoxy groups -OCH3 is 1. The first-order valence-electron chi connectivity index (χ1n) is 5.44. The fourth-order valence-electron chi connectivity index (χ4n) is 1.18. The minimum atomic E-state index is -0.106. The Bertz CT molecular complexity index is 425. The van der Waals surface area contributed by atoms with Gasteiger partial charge < -0.3 is 4.74 Å². The lowest BCUT2D eigenvalue weighted by Gasteiger charge is -2.17. The highest BCUT2D eigenvalue weighted by atomic mass is 32.1. The van der Waals surface area contributed by atoms with Crippen LogP contribution in [0.15, 0.2) is 35.2 Å². The van der Waals surface area contributed by atoms with Gasteiger partial charge in [-0.05, 0) is 40.7 Å². The molecule has 3 heteroatoms. The van der Waals surface area contributed by atoms with Gasteiger partial charge >= 0.3 is 0 Å². The summed E-state index contributed by atoms with van der Waals surface area (Å²) in [4.78, 5) is 12.7. The molecule has 0 saturated carbocycles. The van der Waals surface area contributed by atoms with Gasteiger partial charge in [-0.25, -0.2) is 0 Å². The smallest absolute Gasteiger partial charge is 0.186 e. The number of carbonyl (C=O) groups is 1. The monoisotopic (exact) mass is 250 g/mol. The molecule has 17 heavy (non-hydrogen) atoms. The van der Waals surface area contributed by atoms with Gasteiger partial charge in [0.1, 0.15) is 5.75 Å². The number of hydrogen-bond donors (Lipinski definition) is 1. The van der Waals surface area contributed by atoms with E-state index in [2.05, 4.69) is 12.6 Å². The number of rotatable bonds is 3. The summed E-state index contributed by atoms with van der Waals surface area (Å²) in [5, 5.41) is 0. The van der Waals surface area contributed by atoms with E-state index in [0.29, 0.717) is 5.56 Å². The van der Waals surface area contributed by atoms with Crippen molar-refractivity contribution in [3.05, 3.63) is 40.8 Å². The third-order valence-corrected chi connectivity index (χ3v) is 3.21. The quantitative estimate of drug-likeness (QED) is 0.502. The molecule has 0 aromatic heterocycles.